The van der Waals surface area contributed by atoms with E-state index >= 15 is 0 Å². The highest BCUT2D eigenvalue weighted by molar-refractivity contribution is 4.80. The first-order chi connectivity index (χ1) is 5.74. The van der Waals surface area contributed by atoms with E-state index in [-0.39, 0.29) is 6.10 Å². The lowest BCUT2D eigenvalue weighted by Crippen LogP contribution is -2.12. The van der Waals surface area contributed by atoms with E-state index in [4.69, 9.17) is 4.74 Å². The van der Waals surface area contributed by atoms with E-state index in [0.717, 1.165) is 19.4 Å². The van der Waals surface area contributed by atoms with E-state index in [1.54, 1.807) is 7.11 Å². The summed E-state index contributed by atoms with van der Waals surface area (Å²) in [6, 6.07) is 0. The molecular formula is C10H20O2. The molecule has 72 valence electrons. The van der Waals surface area contributed by atoms with Gasteiger partial charge in [-0.25, -0.2) is 0 Å². The number of hydrogen-bond donors (Lipinski definition) is 1. The molecule has 1 fully saturated rings. The van der Waals surface area contributed by atoms with Crippen LogP contribution >= 0.6 is 0 Å². The lowest BCUT2D eigenvalue weighted by molar-refractivity contribution is 0.113. The first-order valence-corrected chi connectivity index (χ1v) is 4.91. The predicted octanol–water partition coefficient (Wildman–Crippen LogP) is 1.82. The zero-order valence-electron chi connectivity index (χ0n) is 8.12. The van der Waals surface area contributed by atoms with Crippen LogP contribution in [0.4, 0.5) is 0 Å². The average Bonchev–Trinajstić information content (AvgIpc) is 2.83. The van der Waals surface area contributed by atoms with Crippen LogP contribution in [0, 0.1) is 11.8 Å². The molecule has 2 heteroatoms. The molecule has 1 aliphatic rings. The molecule has 2 atom stereocenters. The SMILES string of the molecule is COCC(C)CCC(O)C1CC1. The fourth-order valence-electron chi connectivity index (χ4n) is 1.54. The highest BCUT2D eigenvalue weighted by atomic mass is 16.5. The van der Waals surface area contributed by atoms with Crippen LogP contribution in [-0.4, -0.2) is 24.9 Å². The fourth-order valence-corrected chi connectivity index (χ4v) is 1.54. The third-order valence-corrected chi connectivity index (χ3v) is 2.57. The summed E-state index contributed by atoms with van der Waals surface area (Å²) >= 11 is 0. The Balaban J connectivity index is 1.99. The zero-order chi connectivity index (χ0) is 8.97. The lowest BCUT2D eigenvalue weighted by atomic mass is 10.0. The molecule has 1 rings (SSSR count). The number of methoxy groups -OCH3 is 1. The Kier molecular flexibility index (Phi) is 4.02. The summed E-state index contributed by atoms with van der Waals surface area (Å²) in [5, 5.41) is 9.57. The third kappa shape index (κ3) is 3.55. The minimum atomic E-state index is -0.0377. The van der Waals surface area contributed by atoms with Crippen molar-refractivity contribution in [1.29, 1.82) is 0 Å². The standard InChI is InChI=1S/C10H20O2/c1-8(7-12-2)3-6-10(11)9-4-5-9/h8-11H,3-7H2,1-2H3. The maximum atomic E-state index is 9.57. The van der Waals surface area contributed by atoms with Crippen LogP contribution in [0.1, 0.15) is 32.6 Å². The second-order valence-electron chi connectivity index (χ2n) is 4.04. The van der Waals surface area contributed by atoms with E-state index in [9.17, 15) is 5.11 Å². The summed E-state index contributed by atoms with van der Waals surface area (Å²) in [5.41, 5.74) is 0. The first kappa shape index (κ1) is 10.0. The van der Waals surface area contributed by atoms with Gasteiger partial charge in [-0.15, -0.1) is 0 Å². The number of aliphatic hydroxyl groups is 1. The molecule has 1 saturated carbocycles. The molecular weight excluding hydrogens is 152 g/mol. The predicted molar refractivity (Wildman–Crippen MR) is 49.0 cm³/mol. The van der Waals surface area contributed by atoms with Crippen molar-refractivity contribution in [2.45, 2.75) is 38.7 Å². The highest BCUT2D eigenvalue weighted by Crippen LogP contribution is 2.34. The molecule has 0 aromatic heterocycles. The molecule has 12 heavy (non-hydrogen) atoms. The highest BCUT2D eigenvalue weighted by Gasteiger charge is 2.29. The second-order valence-corrected chi connectivity index (χ2v) is 4.04. The quantitative estimate of drug-likeness (QED) is 0.662. The minimum absolute atomic E-state index is 0.0377. The van der Waals surface area contributed by atoms with Crippen LogP contribution in [0.5, 0.6) is 0 Å². The molecule has 0 aromatic carbocycles. The van der Waals surface area contributed by atoms with E-state index < -0.39 is 0 Å². The molecule has 0 bridgehead atoms. The second kappa shape index (κ2) is 4.83. The monoisotopic (exact) mass is 172 g/mol. The van der Waals surface area contributed by atoms with E-state index in [0.29, 0.717) is 11.8 Å². The molecule has 0 spiro atoms. The number of hydrogen-bond acceptors (Lipinski definition) is 2. The zero-order valence-corrected chi connectivity index (χ0v) is 8.12. The summed E-state index contributed by atoms with van der Waals surface area (Å²) in [4.78, 5) is 0. The Morgan fingerprint density at radius 3 is 2.58 bits per heavy atom. The van der Waals surface area contributed by atoms with Gasteiger partial charge in [-0.05, 0) is 37.5 Å². The third-order valence-electron chi connectivity index (χ3n) is 2.57. The van der Waals surface area contributed by atoms with Crippen molar-refractivity contribution in [3.8, 4) is 0 Å². The molecule has 0 radical (unpaired) electrons. The van der Waals surface area contributed by atoms with Gasteiger partial charge in [0.15, 0.2) is 0 Å². The van der Waals surface area contributed by atoms with Gasteiger partial charge in [-0.2, -0.15) is 0 Å². The Hall–Kier alpha value is -0.0800. The van der Waals surface area contributed by atoms with E-state index in [1.165, 1.54) is 12.8 Å². The summed E-state index contributed by atoms with van der Waals surface area (Å²) in [5.74, 6) is 1.21. The Bertz CT molecular complexity index is 121. The van der Waals surface area contributed by atoms with Crippen molar-refractivity contribution >= 4 is 0 Å². The molecule has 0 aromatic rings. The van der Waals surface area contributed by atoms with Crippen molar-refractivity contribution in [3.05, 3.63) is 0 Å². The van der Waals surface area contributed by atoms with Gasteiger partial charge in [-0.3, -0.25) is 0 Å². The lowest BCUT2D eigenvalue weighted by Gasteiger charge is -2.13. The number of rotatable bonds is 6. The van der Waals surface area contributed by atoms with Crippen LogP contribution in [0.3, 0.4) is 0 Å². The summed E-state index contributed by atoms with van der Waals surface area (Å²) in [6.45, 7) is 2.99. The van der Waals surface area contributed by atoms with Gasteiger partial charge in [-0.1, -0.05) is 6.92 Å². The molecule has 0 saturated heterocycles. The Morgan fingerprint density at radius 2 is 2.08 bits per heavy atom. The first-order valence-electron chi connectivity index (χ1n) is 4.91. The number of ether oxygens (including phenoxy) is 1. The van der Waals surface area contributed by atoms with Crippen LogP contribution in [0.25, 0.3) is 0 Å². The summed E-state index contributed by atoms with van der Waals surface area (Å²) in [6.07, 6.45) is 4.48. The molecule has 1 N–H and O–H groups in total. The van der Waals surface area contributed by atoms with Crippen molar-refractivity contribution in [2.75, 3.05) is 13.7 Å². The molecule has 2 nitrogen and oxygen atoms in total. The minimum Gasteiger partial charge on any atom is -0.393 e. The number of aliphatic hydroxyl groups excluding tert-OH is 1. The normalized spacial score (nSPS) is 22.2. The van der Waals surface area contributed by atoms with Gasteiger partial charge in [0.1, 0.15) is 0 Å². The summed E-state index contributed by atoms with van der Waals surface area (Å²) < 4.78 is 5.03. The topological polar surface area (TPSA) is 29.5 Å². The van der Waals surface area contributed by atoms with Gasteiger partial charge in [0.2, 0.25) is 0 Å². The van der Waals surface area contributed by atoms with E-state index in [1.807, 2.05) is 0 Å². The van der Waals surface area contributed by atoms with Crippen molar-refractivity contribution in [2.24, 2.45) is 11.8 Å². The molecule has 1 aliphatic carbocycles. The molecule has 0 aliphatic heterocycles. The van der Waals surface area contributed by atoms with Crippen LogP contribution in [-0.2, 0) is 4.74 Å². The largest absolute Gasteiger partial charge is 0.393 e. The van der Waals surface area contributed by atoms with Gasteiger partial charge in [0.05, 0.1) is 6.10 Å². The van der Waals surface area contributed by atoms with Gasteiger partial charge >= 0.3 is 0 Å². The maximum Gasteiger partial charge on any atom is 0.0568 e. The van der Waals surface area contributed by atoms with Gasteiger partial charge in [0, 0.05) is 13.7 Å². The smallest absolute Gasteiger partial charge is 0.0568 e. The average molecular weight is 172 g/mol. The van der Waals surface area contributed by atoms with E-state index in [2.05, 4.69) is 6.92 Å². The molecule has 0 amide bonds. The van der Waals surface area contributed by atoms with Crippen molar-refractivity contribution in [1.82, 2.24) is 0 Å². The molecule has 2 unspecified atom stereocenters. The van der Waals surface area contributed by atoms with Gasteiger partial charge in [0.25, 0.3) is 0 Å². The fraction of sp³-hybridized carbons (Fsp3) is 1.00. The van der Waals surface area contributed by atoms with Crippen molar-refractivity contribution in [3.63, 3.8) is 0 Å². The van der Waals surface area contributed by atoms with Crippen molar-refractivity contribution < 1.29 is 9.84 Å². The summed E-state index contributed by atoms with van der Waals surface area (Å²) in [7, 11) is 1.73. The maximum absolute atomic E-state index is 9.57. The van der Waals surface area contributed by atoms with Crippen LogP contribution in [0.2, 0.25) is 0 Å². The Labute approximate surface area is 74.9 Å². The van der Waals surface area contributed by atoms with Crippen LogP contribution in [0.15, 0.2) is 0 Å². The van der Waals surface area contributed by atoms with Crippen LogP contribution < -0.4 is 0 Å². The van der Waals surface area contributed by atoms with Gasteiger partial charge < -0.3 is 9.84 Å². The molecule has 0 heterocycles. The Morgan fingerprint density at radius 1 is 1.42 bits per heavy atom.